The van der Waals surface area contributed by atoms with Gasteiger partial charge in [-0.15, -0.1) is 0 Å². The predicted molar refractivity (Wildman–Crippen MR) is 46.1 cm³/mol. The highest BCUT2D eigenvalue weighted by Gasteiger charge is 2.10. The summed E-state index contributed by atoms with van der Waals surface area (Å²) >= 11 is 1.92. The summed E-state index contributed by atoms with van der Waals surface area (Å²) in [4.78, 5) is 0. The molecule has 0 aliphatic rings. The van der Waals surface area contributed by atoms with E-state index in [1.807, 2.05) is 18.8 Å². The summed E-state index contributed by atoms with van der Waals surface area (Å²) in [7, 11) is 2.03. The highest BCUT2D eigenvalue weighted by atomic mass is 32.2. The number of nitrogens with one attached hydrogen (secondary N) is 1. The van der Waals surface area contributed by atoms with Crippen LogP contribution in [0.25, 0.3) is 0 Å². The average Bonchev–Trinajstić information content (AvgIpc) is 1.90. The highest BCUT2D eigenvalue weighted by molar-refractivity contribution is 7.99. The van der Waals surface area contributed by atoms with Gasteiger partial charge in [0.05, 0.1) is 0 Å². The Kier molecular flexibility index (Phi) is 5.30. The van der Waals surface area contributed by atoms with Gasteiger partial charge in [-0.1, -0.05) is 13.8 Å². The monoisotopic (exact) mass is 147 g/mol. The molecule has 0 saturated carbocycles. The number of hydrogen-bond acceptors (Lipinski definition) is 2. The molecule has 1 nitrogen and oxygen atoms in total. The highest BCUT2D eigenvalue weighted by Crippen LogP contribution is 2.11. The van der Waals surface area contributed by atoms with Crippen molar-refractivity contribution in [2.75, 3.05) is 13.3 Å². The van der Waals surface area contributed by atoms with Gasteiger partial charge in [-0.2, -0.15) is 11.8 Å². The zero-order valence-electron chi connectivity index (χ0n) is 6.77. The van der Waals surface area contributed by atoms with Gasteiger partial charge in [0.1, 0.15) is 0 Å². The van der Waals surface area contributed by atoms with Gasteiger partial charge < -0.3 is 5.32 Å². The summed E-state index contributed by atoms with van der Waals surface area (Å²) in [5, 5.41) is 4.02. The van der Waals surface area contributed by atoms with Crippen molar-refractivity contribution in [3.63, 3.8) is 0 Å². The van der Waals surface area contributed by atoms with E-state index in [0.717, 1.165) is 5.25 Å². The van der Waals surface area contributed by atoms with Crippen LogP contribution in [-0.4, -0.2) is 24.6 Å². The normalized spacial score (nSPS) is 17.3. The van der Waals surface area contributed by atoms with E-state index < -0.39 is 0 Å². The Morgan fingerprint density at radius 2 is 2.11 bits per heavy atom. The van der Waals surface area contributed by atoms with Crippen LogP contribution >= 0.6 is 11.8 Å². The third-order valence-corrected chi connectivity index (χ3v) is 2.82. The molecule has 0 fully saturated rings. The van der Waals surface area contributed by atoms with Crippen molar-refractivity contribution >= 4 is 11.8 Å². The molecule has 0 aliphatic carbocycles. The first-order chi connectivity index (χ1) is 4.26. The lowest BCUT2D eigenvalue weighted by atomic mass is 10.2. The largest absolute Gasteiger partial charge is 0.316 e. The van der Waals surface area contributed by atoms with Crippen molar-refractivity contribution in [1.29, 1.82) is 0 Å². The third kappa shape index (κ3) is 3.11. The Bertz CT molecular complexity index is 61.9. The minimum Gasteiger partial charge on any atom is -0.316 e. The first-order valence-electron chi connectivity index (χ1n) is 3.46. The summed E-state index contributed by atoms with van der Waals surface area (Å²) in [6.45, 7) is 4.48. The van der Waals surface area contributed by atoms with E-state index in [1.54, 1.807) is 0 Å². The van der Waals surface area contributed by atoms with Gasteiger partial charge in [0.2, 0.25) is 0 Å². The quantitative estimate of drug-likeness (QED) is 0.650. The Morgan fingerprint density at radius 1 is 1.56 bits per heavy atom. The van der Waals surface area contributed by atoms with E-state index in [1.165, 1.54) is 6.42 Å². The molecule has 0 aromatic heterocycles. The molecule has 0 aromatic carbocycles. The van der Waals surface area contributed by atoms with Crippen LogP contribution in [0.4, 0.5) is 0 Å². The summed E-state index contributed by atoms with van der Waals surface area (Å²) in [6, 6.07) is 0.681. The maximum atomic E-state index is 3.28. The molecular weight excluding hydrogens is 130 g/mol. The topological polar surface area (TPSA) is 12.0 Å². The van der Waals surface area contributed by atoms with Crippen molar-refractivity contribution in [2.24, 2.45) is 0 Å². The molecule has 0 aliphatic heterocycles. The molecule has 0 heterocycles. The molecule has 0 amide bonds. The van der Waals surface area contributed by atoms with Crippen LogP contribution in [0, 0.1) is 0 Å². The van der Waals surface area contributed by atoms with Crippen LogP contribution in [0.15, 0.2) is 0 Å². The van der Waals surface area contributed by atoms with E-state index in [0.29, 0.717) is 6.04 Å². The lowest BCUT2D eigenvalue weighted by molar-refractivity contribution is 0.542. The number of hydrogen-bond donors (Lipinski definition) is 1. The van der Waals surface area contributed by atoms with Crippen LogP contribution in [-0.2, 0) is 0 Å². The smallest absolute Gasteiger partial charge is 0.0178 e. The van der Waals surface area contributed by atoms with Crippen LogP contribution in [0.1, 0.15) is 20.3 Å². The third-order valence-electron chi connectivity index (χ3n) is 1.75. The van der Waals surface area contributed by atoms with Crippen molar-refractivity contribution < 1.29 is 0 Å². The summed E-state index contributed by atoms with van der Waals surface area (Å²) in [6.07, 6.45) is 3.38. The number of thioether (sulfide) groups is 1. The molecular formula is C7H17NS. The van der Waals surface area contributed by atoms with Gasteiger partial charge in [-0.25, -0.2) is 0 Å². The average molecular weight is 147 g/mol. The van der Waals surface area contributed by atoms with Crippen LogP contribution in [0.2, 0.25) is 0 Å². The van der Waals surface area contributed by atoms with Gasteiger partial charge in [0.25, 0.3) is 0 Å². The van der Waals surface area contributed by atoms with Gasteiger partial charge in [-0.05, 0) is 19.7 Å². The Balaban J connectivity index is 3.50. The first-order valence-corrected chi connectivity index (χ1v) is 4.75. The maximum absolute atomic E-state index is 3.28. The van der Waals surface area contributed by atoms with Crippen molar-refractivity contribution in [3.8, 4) is 0 Å². The zero-order valence-corrected chi connectivity index (χ0v) is 7.59. The van der Waals surface area contributed by atoms with Gasteiger partial charge in [0.15, 0.2) is 0 Å². The summed E-state index contributed by atoms with van der Waals surface area (Å²) in [5.41, 5.74) is 0. The van der Waals surface area contributed by atoms with Crippen molar-refractivity contribution in [1.82, 2.24) is 5.32 Å². The molecule has 2 atom stereocenters. The standard InChI is InChI=1S/C7H17NS/c1-5-7(8-3)6(2)9-4/h6-8H,5H2,1-4H3. The second-order valence-corrected chi connectivity index (χ2v) is 3.46. The Morgan fingerprint density at radius 3 is 2.22 bits per heavy atom. The minimum atomic E-state index is 0.681. The summed E-state index contributed by atoms with van der Waals surface area (Å²) in [5.74, 6) is 0. The molecule has 56 valence electrons. The van der Waals surface area contributed by atoms with E-state index in [4.69, 9.17) is 0 Å². The second-order valence-electron chi connectivity index (χ2n) is 2.24. The maximum Gasteiger partial charge on any atom is 0.0178 e. The molecule has 2 unspecified atom stereocenters. The molecule has 1 N–H and O–H groups in total. The van der Waals surface area contributed by atoms with E-state index in [-0.39, 0.29) is 0 Å². The first kappa shape index (κ1) is 9.31. The van der Waals surface area contributed by atoms with Gasteiger partial charge in [0, 0.05) is 11.3 Å². The van der Waals surface area contributed by atoms with E-state index >= 15 is 0 Å². The van der Waals surface area contributed by atoms with Gasteiger partial charge in [-0.3, -0.25) is 0 Å². The molecule has 0 aromatic rings. The molecule has 2 heteroatoms. The fourth-order valence-electron chi connectivity index (χ4n) is 0.935. The fraction of sp³-hybridized carbons (Fsp3) is 1.00. The van der Waals surface area contributed by atoms with Crippen molar-refractivity contribution in [3.05, 3.63) is 0 Å². The van der Waals surface area contributed by atoms with Crippen LogP contribution in [0.5, 0.6) is 0 Å². The number of rotatable bonds is 4. The molecule has 0 spiro atoms. The molecule has 0 radical (unpaired) electrons. The van der Waals surface area contributed by atoms with Gasteiger partial charge >= 0.3 is 0 Å². The van der Waals surface area contributed by atoms with Crippen molar-refractivity contribution in [2.45, 2.75) is 31.6 Å². The predicted octanol–water partition coefficient (Wildman–Crippen LogP) is 1.74. The lowest BCUT2D eigenvalue weighted by Gasteiger charge is -2.19. The second kappa shape index (κ2) is 5.12. The van der Waals surface area contributed by atoms with E-state index in [9.17, 15) is 0 Å². The van der Waals surface area contributed by atoms with Crippen LogP contribution < -0.4 is 5.32 Å². The molecule has 0 saturated heterocycles. The SMILES string of the molecule is CCC(NC)C(C)SC. The lowest BCUT2D eigenvalue weighted by Crippen LogP contribution is -2.32. The molecule has 9 heavy (non-hydrogen) atoms. The Labute approximate surface area is 62.6 Å². The zero-order chi connectivity index (χ0) is 7.28. The summed E-state index contributed by atoms with van der Waals surface area (Å²) < 4.78 is 0. The fourth-order valence-corrected chi connectivity index (χ4v) is 1.59. The Hall–Kier alpha value is 0.310. The minimum absolute atomic E-state index is 0.681. The molecule has 0 rings (SSSR count). The van der Waals surface area contributed by atoms with Crippen LogP contribution in [0.3, 0.4) is 0 Å². The molecule has 0 bridgehead atoms. The van der Waals surface area contributed by atoms with E-state index in [2.05, 4.69) is 25.4 Å².